The topological polar surface area (TPSA) is 71.5 Å². The van der Waals surface area contributed by atoms with Crippen molar-refractivity contribution in [3.05, 3.63) is 24.3 Å². The molecule has 0 fully saturated rings. The highest BCUT2D eigenvalue weighted by molar-refractivity contribution is 8.13. The van der Waals surface area contributed by atoms with E-state index in [1.165, 1.54) is 29.6 Å². The Morgan fingerprint density at radius 3 is 2.22 bits per heavy atom. The zero-order chi connectivity index (χ0) is 14.0. The van der Waals surface area contributed by atoms with Crippen molar-refractivity contribution in [2.45, 2.75) is 23.1 Å². The first-order chi connectivity index (χ1) is 8.19. The van der Waals surface area contributed by atoms with E-state index >= 15 is 0 Å². The maximum Gasteiger partial charge on any atom is 0.261 e. The van der Waals surface area contributed by atoms with Crippen LogP contribution < -0.4 is 0 Å². The Morgan fingerprint density at radius 1 is 1.17 bits per heavy atom. The van der Waals surface area contributed by atoms with E-state index in [2.05, 4.69) is 0 Å². The van der Waals surface area contributed by atoms with E-state index in [4.69, 9.17) is 10.7 Å². The van der Waals surface area contributed by atoms with Crippen molar-refractivity contribution in [3.8, 4) is 0 Å². The summed E-state index contributed by atoms with van der Waals surface area (Å²) in [5.41, 5.74) is 0. The first-order valence-corrected chi connectivity index (χ1v) is 8.95. The summed E-state index contributed by atoms with van der Waals surface area (Å²) in [5.74, 6) is 0. The molecule has 0 aliphatic heterocycles. The maximum absolute atomic E-state index is 12.1. The van der Waals surface area contributed by atoms with E-state index in [9.17, 15) is 16.8 Å². The van der Waals surface area contributed by atoms with Gasteiger partial charge in [-0.25, -0.2) is 21.1 Å². The zero-order valence-corrected chi connectivity index (χ0v) is 12.4. The third kappa shape index (κ3) is 3.44. The van der Waals surface area contributed by atoms with Crippen molar-refractivity contribution in [1.82, 2.24) is 4.31 Å². The number of hydrogen-bond acceptors (Lipinski definition) is 4. The van der Waals surface area contributed by atoms with Crippen LogP contribution in [0.25, 0.3) is 0 Å². The molecule has 0 unspecified atom stereocenters. The fourth-order valence-corrected chi connectivity index (χ4v) is 3.58. The standard InChI is InChI=1S/C10H14ClNO4S2/c1-3-7-12(2)18(15,16)10-6-4-5-9(8-10)17(11,13)14/h4-6,8H,3,7H2,1-2H3. The molecule has 8 heteroatoms. The minimum Gasteiger partial charge on any atom is -0.207 e. The van der Waals surface area contributed by atoms with Crippen LogP contribution in [0.15, 0.2) is 34.1 Å². The summed E-state index contributed by atoms with van der Waals surface area (Å²) in [5, 5.41) is 0. The molecule has 0 amide bonds. The summed E-state index contributed by atoms with van der Waals surface area (Å²) in [4.78, 5) is -0.310. The van der Waals surface area contributed by atoms with Crippen LogP contribution in [0.5, 0.6) is 0 Å². The lowest BCUT2D eigenvalue weighted by molar-refractivity contribution is 0.468. The predicted octanol–water partition coefficient (Wildman–Crippen LogP) is 1.64. The Bertz CT molecular complexity index is 625. The van der Waals surface area contributed by atoms with Crippen molar-refractivity contribution >= 4 is 29.8 Å². The Hall–Kier alpha value is -0.630. The van der Waals surface area contributed by atoms with E-state index in [1.807, 2.05) is 6.92 Å². The average molecular weight is 312 g/mol. The molecule has 0 heterocycles. The fourth-order valence-electron chi connectivity index (χ4n) is 1.40. The Balaban J connectivity index is 3.27. The molecular weight excluding hydrogens is 298 g/mol. The van der Waals surface area contributed by atoms with Gasteiger partial charge in [-0.15, -0.1) is 0 Å². The first-order valence-electron chi connectivity index (χ1n) is 5.20. The largest absolute Gasteiger partial charge is 0.261 e. The van der Waals surface area contributed by atoms with E-state index in [0.717, 1.165) is 6.07 Å². The Morgan fingerprint density at radius 2 is 1.72 bits per heavy atom. The second-order valence-electron chi connectivity index (χ2n) is 3.74. The molecule has 1 aromatic carbocycles. The number of rotatable bonds is 5. The summed E-state index contributed by atoms with van der Waals surface area (Å²) < 4.78 is 47.7. The number of hydrogen-bond donors (Lipinski definition) is 0. The Kier molecular flexibility index (Phi) is 4.77. The number of nitrogens with zero attached hydrogens (tertiary/aromatic N) is 1. The van der Waals surface area contributed by atoms with Gasteiger partial charge in [-0.2, -0.15) is 0 Å². The van der Waals surface area contributed by atoms with Crippen LogP contribution in [0.3, 0.4) is 0 Å². The van der Waals surface area contributed by atoms with Gasteiger partial charge in [0.25, 0.3) is 9.05 Å². The van der Waals surface area contributed by atoms with Gasteiger partial charge >= 0.3 is 0 Å². The normalized spacial score (nSPS) is 12.9. The molecule has 5 nitrogen and oxygen atoms in total. The quantitative estimate of drug-likeness (QED) is 0.775. The molecule has 0 radical (unpaired) electrons. The molecule has 0 aliphatic rings. The lowest BCUT2D eigenvalue weighted by Gasteiger charge is -2.16. The van der Waals surface area contributed by atoms with Crippen molar-refractivity contribution in [2.75, 3.05) is 13.6 Å². The van der Waals surface area contributed by atoms with Crippen molar-refractivity contribution < 1.29 is 16.8 Å². The Labute approximate surface area is 112 Å². The summed E-state index contributed by atoms with van der Waals surface area (Å²) in [6.07, 6.45) is 0.670. The van der Waals surface area contributed by atoms with Gasteiger partial charge in [-0.1, -0.05) is 13.0 Å². The second-order valence-corrected chi connectivity index (χ2v) is 8.35. The highest BCUT2D eigenvalue weighted by Crippen LogP contribution is 2.21. The summed E-state index contributed by atoms with van der Waals surface area (Å²) in [6, 6.07) is 5.00. The summed E-state index contributed by atoms with van der Waals surface area (Å²) in [7, 11) is -0.978. The van der Waals surface area contributed by atoms with E-state index in [0.29, 0.717) is 13.0 Å². The molecule has 0 saturated heterocycles. The van der Waals surface area contributed by atoms with Gasteiger partial charge in [-0.05, 0) is 24.6 Å². The molecular formula is C10H14ClNO4S2. The zero-order valence-electron chi connectivity index (χ0n) is 10.00. The molecule has 0 aromatic heterocycles. The van der Waals surface area contributed by atoms with E-state index in [1.54, 1.807) is 0 Å². The molecule has 1 rings (SSSR count). The smallest absolute Gasteiger partial charge is 0.207 e. The second kappa shape index (κ2) is 5.56. The highest BCUT2D eigenvalue weighted by atomic mass is 35.7. The van der Waals surface area contributed by atoms with E-state index in [-0.39, 0.29) is 9.79 Å². The van der Waals surface area contributed by atoms with Crippen LogP contribution >= 0.6 is 10.7 Å². The molecule has 0 spiro atoms. The van der Waals surface area contributed by atoms with Gasteiger partial charge in [0.2, 0.25) is 10.0 Å². The third-order valence-electron chi connectivity index (χ3n) is 2.33. The summed E-state index contributed by atoms with van der Waals surface area (Å²) >= 11 is 0. The van der Waals surface area contributed by atoms with Gasteiger partial charge in [0, 0.05) is 24.3 Å². The van der Waals surface area contributed by atoms with Gasteiger partial charge in [0.15, 0.2) is 0 Å². The van der Waals surface area contributed by atoms with Crippen LogP contribution in [-0.2, 0) is 19.1 Å². The first kappa shape index (κ1) is 15.4. The van der Waals surface area contributed by atoms with Crippen LogP contribution in [0, 0.1) is 0 Å². The average Bonchev–Trinajstić information content (AvgIpc) is 2.28. The van der Waals surface area contributed by atoms with Gasteiger partial charge < -0.3 is 0 Å². The van der Waals surface area contributed by atoms with Crippen LogP contribution in [-0.4, -0.2) is 34.7 Å². The lowest BCUT2D eigenvalue weighted by atomic mass is 10.4. The van der Waals surface area contributed by atoms with Crippen molar-refractivity contribution in [1.29, 1.82) is 0 Å². The number of benzene rings is 1. The maximum atomic E-state index is 12.1. The van der Waals surface area contributed by atoms with E-state index < -0.39 is 19.1 Å². The molecule has 0 N–H and O–H groups in total. The highest BCUT2D eigenvalue weighted by Gasteiger charge is 2.22. The molecule has 0 atom stereocenters. The minimum atomic E-state index is -3.93. The van der Waals surface area contributed by atoms with Crippen molar-refractivity contribution in [3.63, 3.8) is 0 Å². The number of halogens is 1. The monoisotopic (exact) mass is 311 g/mol. The molecule has 102 valence electrons. The minimum absolute atomic E-state index is 0.0832. The van der Waals surface area contributed by atoms with Crippen LogP contribution in [0.4, 0.5) is 0 Å². The molecule has 0 bridgehead atoms. The van der Waals surface area contributed by atoms with Gasteiger partial charge in [0.05, 0.1) is 9.79 Å². The van der Waals surface area contributed by atoms with Crippen LogP contribution in [0.2, 0.25) is 0 Å². The SMILES string of the molecule is CCCN(C)S(=O)(=O)c1cccc(S(=O)(=O)Cl)c1. The van der Waals surface area contributed by atoms with Crippen LogP contribution in [0.1, 0.15) is 13.3 Å². The molecule has 0 saturated carbocycles. The summed E-state index contributed by atoms with van der Waals surface area (Å²) in [6.45, 7) is 2.21. The molecule has 18 heavy (non-hydrogen) atoms. The third-order valence-corrected chi connectivity index (χ3v) is 5.54. The fraction of sp³-hybridized carbons (Fsp3) is 0.400. The van der Waals surface area contributed by atoms with Crippen molar-refractivity contribution in [2.24, 2.45) is 0 Å². The molecule has 1 aromatic rings. The van der Waals surface area contributed by atoms with Gasteiger partial charge in [-0.3, -0.25) is 0 Å². The van der Waals surface area contributed by atoms with Gasteiger partial charge in [0.1, 0.15) is 0 Å². The molecule has 0 aliphatic carbocycles. The number of sulfonamides is 1. The lowest BCUT2D eigenvalue weighted by Crippen LogP contribution is -2.27. The predicted molar refractivity (Wildman–Crippen MR) is 69.6 cm³/mol.